The monoisotopic (exact) mass is 366 g/mol. The van der Waals surface area contributed by atoms with Crippen LogP contribution in [-0.4, -0.2) is 24.0 Å². The Morgan fingerprint density at radius 3 is 2.96 bits per heavy atom. The molecule has 134 valence electrons. The molecule has 2 N–H and O–H groups in total. The highest BCUT2D eigenvalue weighted by molar-refractivity contribution is 7.13. The summed E-state index contributed by atoms with van der Waals surface area (Å²) in [5.41, 5.74) is 3.77. The second kappa shape index (κ2) is 7.74. The largest absolute Gasteiger partial charge is 0.443 e. The van der Waals surface area contributed by atoms with E-state index in [-0.39, 0.29) is 0 Å². The zero-order valence-corrected chi connectivity index (χ0v) is 15.6. The average Bonchev–Trinajstić information content (AvgIpc) is 3.36. The Bertz CT molecular complexity index is 885. The summed E-state index contributed by atoms with van der Waals surface area (Å²) in [4.78, 5) is 9.92. The first-order chi connectivity index (χ1) is 12.8. The zero-order chi connectivity index (χ0) is 17.8. The first kappa shape index (κ1) is 16.8. The lowest BCUT2D eigenvalue weighted by Crippen LogP contribution is -2.45. The molecule has 2 heterocycles. The van der Waals surface area contributed by atoms with Gasteiger partial charge in [0.05, 0.1) is 17.1 Å². The van der Waals surface area contributed by atoms with E-state index in [0.29, 0.717) is 18.5 Å². The molecule has 6 heteroatoms. The summed E-state index contributed by atoms with van der Waals surface area (Å²) in [6.07, 6.45) is 4.96. The van der Waals surface area contributed by atoms with Gasteiger partial charge in [-0.25, -0.2) is 4.98 Å². The summed E-state index contributed by atoms with van der Waals surface area (Å²) in [6, 6.07) is 13.1. The SMILES string of the molecule is CN=C(NCc1coc(-c2cccs2)n1)NC1CCc2ccccc2C1. The van der Waals surface area contributed by atoms with E-state index in [0.717, 1.165) is 35.8 Å². The average molecular weight is 366 g/mol. The maximum absolute atomic E-state index is 5.56. The van der Waals surface area contributed by atoms with Crippen LogP contribution in [0.1, 0.15) is 23.2 Å². The molecule has 1 unspecified atom stereocenters. The van der Waals surface area contributed by atoms with Crippen molar-refractivity contribution in [3.8, 4) is 10.8 Å². The zero-order valence-electron chi connectivity index (χ0n) is 14.7. The number of benzene rings is 1. The van der Waals surface area contributed by atoms with Crippen LogP contribution in [0, 0.1) is 0 Å². The molecule has 0 saturated heterocycles. The molecule has 26 heavy (non-hydrogen) atoms. The van der Waals surface area contributed by atoms with Gasteiger partial charge in [0.1, 0.15) is 6.26 Å². The van der Waals surface area contributed by atoms with Crippen LogP contribution in [-0.2, 0) is 19.4 Å². The molecular formula is C20H22N4OS. The van der Waals surface area contributed by atoms with E-state index < -0.39 is 0 Å². The number of aliphatic imine (C=N–C) groups is 1. The molecular weight excluding hydrogens is 344 g/mol. The third-order valence-corrected chi connectivity index (χ3v) is 5.49. The molecule has 1 aliphatic rings. The molecule has 4 rings (SSSR count). The van der Waals surface area contributed by atoms with Crippen LogP contribution in [0.15, 0.2) is 57.5 Å². The number of oxazole rings is 1. The maximum atomic E-state index is 5.56. The summed E-state index contributed by atoms with van der Waals surface area (Å²) in [6.45, 7) is 0.581. The third-order valence-electron chi connectivity index (χ3n) is 4.63. The predicted molar refractivity (Wildman–Crippen MR) is 105 cm³/mol. The van der Waals surface area contributed by atoms with Gasteiger partial charge >= 0.3 is 0 Å². The van der Waals surface area contributed by atoms with Crippen LogP contribution in [0.4, 0.5) is 0 Å². The van der Waals surface area contributed by atoms with Gasteiger partial charge < -0.3 is 15.1 Å². The highest BCUT2D eigenvalue weighted by atomic mass is 32.1. The van der Waals surface area contributed by atoms with Gasteiger partial charge in [-0.15, -0.1) is 11.3 Å². The molecule has 0 radical (unpaired) electrons. The lowest BCUT2D eigenvalue weighted by molar-refractivity contribution is 0.520. The molecule has 5 nitrogen and oxygen atoms in total. The molecule has 0 fully saturated rings. The Morgan fingerprint density at radius 1 is 1.27 bits per heavy atom. The lowest BCUT2D eigenvalue weighted by Gasteiger charge is -2.27. The quantitative estimate of drug-likeness (QED) is 0.547. The van der Waals surface area contributed by atoms with Gasteiger partial charge in [0.15, 0.2) is 5.96 Å². The Kier molecular flexibility index (Phi) is 5.02. The Labute approximate surface area is 157 Å². The first-order valence-electron chi connectivity index (χ1n) is 8.84. The van der Waals surface area contributed by atoms with Crippen molar-refractivity contribution < 1.29 is 4.42 Å². The van der Waals surface area contributed by atoms with Gasteiger partial charge in [-0.05, 0) is 41.8 Å². The number of hydrogen-bond donors (Lipinski definition) is 2. The maximum Gasteiger partial charge on any atom is 0.236 e. The van der Waals surface area contributed by atoms with Crippen LogP contribution < -0.4 is 10.6 Å². The van der Waals surface area contributed by atoms with Crippen molar-refractivity contribution in [3.63, 3.8) is 0 Å². The van der Waals surface area contributed by atoms with Gasteiger partial charge in [-0.3, -0.25) is 4.99 Å². The molecule has 1 aliphatic carbocycles. The van der Waals surface area contributed by atoms with Crippen LogP contribution >= 0.6 is 11.3 Å². The highest BCUT2D eigenvalue weighted by Crippen LogP contribution is 2.23. The highest BCUT2D eigenvalue weighted by Gasteiger charge is 2.19. The van der Waals surface area contributed by atoms with E-state index in [1.807, 2.05) is 17.5 Å². The molecule has 0 aliphatic heterocycles. The topological polar surface area (TPSA) is 62.5 Å². The van der Waals surface area contributed by atoms with Crippen molar-refractivity contribution in [3.05, 3.63) is 64.9 Å². The fourth-order valence-corrected chi connectivity index (χ4v) is 3.94. The Hall–Kier alpha value is -2.60. The minimum Gasteiger partial charge on any atom is -0.443 e. The van der Waals surface area contributed by atoms with Gasteiger partial charge in [-0.2, -0.15) is 0 Å². The lowest BCUT2D eigenvalue weighted by atomic mass is 9.88. The number of fused-ring (bicyclic) bond motifs is 1. The van der Waals surface area contributed by atoms with Crippen molar-refractivity contribution in [2.24, 2.45) is 4.99 Å². The third kappa shape index (κ3) is 3.80. The van der Waals surface area contributed by atoms with Crippen molar-refractivity contribution in [2.45, 2.75) is 31.8 Å². The number of aromatic nitrogens is 1. The van der Waals surface area contributed by atoms with Gasteiger partial charge in [0.2, 0.25) is 5.89 Å². The molecule has 0 spiro atoms. The first-order valence-corrected chi connectivity index (χ1v) is 9.72. The minimum absolute atomic E-state index is 0.398. The number of aryl methyl sites for hydroxylation is 1. The predicted octanol–water partition coefficient (Wildman–Crippen LogP) is 3.63. The van der Waals surface area contributed by atoms with E-state index in [1.165, 1.54) is 11.1 Å². The van der Waals surface area contributed by atoms with Crippen molar-refractivity contribution in [1.82, 2.24) is 15.6 Å². The molecule has 0 bridgehead atoms. The van der Waals surface area contributed by atoms with E-state index in [4.69, 9.17) is 4.42 Å². The van der Waals surface area contributed by atoms with Crippen LogP contribution in [0.25, 0.3) is 10.8 Å². The summed E-state index contributed by atoms with van der Waals surface area (Å²) in [7, 11) is 1.80. The number of rotatable bonds is 4. The van der Waals surface area contributed by atoms with E-state index in [1.54, 1.807) is 24.6 Å². The van der Waals surface area contributed by atoms with E-state index in [2.05, 4.69) is 44.9 Å². The van der Waals surface area contributed by atoms with Gasteiger partial charge in [0, 0.05) is 13.1 Å². The van der Waals surface area contributed by atoms with Crippen molar-refractivity contribution in [1.29, 1.82) is 0 Å². The number of nitrogens with zero attached hydrogens (tertiary/aromatic N) is 2. The van der Waals surface area contributed by atoms with Crippen LogP contribution in [0.2, 0.25) is 0 Å². The van der Waals surface area contributed by atoms with Crippen LogP contribution in [0.3, 0.4) is 0 Å². The number of thiophene rings is 1. The Morgan fingerprint density at radius 2 is 2.15 bits per heavy atom. The number of nitrogens with one attached hydrogen (secondary N) is 2. The van der Waals surface area contributed by atoms with E-state index >= 15 is 0 Å². The fraction of sp³-hybridized carbons (Fsp3) is 0.300. The molecule has 0 saturated carbocycles. The minimum atomic E-state index is 0.398. The summed E-state index contributed by atoms with van der Waals surface area (Å²) >= 11 is 1.62. The summed E-state index contributed by atoms with van der Waals surface area (Å²) in [5, 5.41) is 8.89. The van der Waals surface area contributed by atoms with E-state index in [9.17, 15) is 0 Å². The number of guanidine groups is 1. The summed E-state index contributed by atoms with van der Waals surface area (Å²) < 4.78 is 5.56. The molecule has 1 aromatic carbocycles. The van der Waals surface area contributed by atoms with Gasteiger partial charge in [0.25, 0.3) is 0 Å². The Balaban J connectivity index is 1.33. The molecule has 3 aromatic rings. The van der Waals surface area contributed by atoms with Crippen LogP contribution in [0.5, 0.6) is 0 Å². The fourth-order valence-electron chi connectivity index (χ4n) is 3.28. The standard InChI is InChI=1S/C20H22N4OS/c1-21-20(24-16-9-8-14-5-2-3-6-15(14)11-16)22-12-17-13-25-19(23-17)18-7-4-10-26-18/h2-7,10,13,16H,8-9,11-12H2,1H3,(H2,21,22,24). The second-order valence-corrected chi connectivity index (χ2v) is 7.35. The smallest absolute Gasteiger partial charge is 0.236 e. The second-order valence-electron chi connectivity index (χ2n) is 6.40. The van der Waals surface area contributed by atoms with Crippen molar-refractivity contribution >= 4 is 17.3 Å². The van der Waals surface area contributed by atoms with Crippen molar-refractivity contribution in [2.75, 3.05) is 7.05 Å². The molecule has 1 atom stereocenters. The summed E-state index contributed by atoms with van der Waals surface area (Å²) in [5.74, 6) is 1.47. The normalized spacial score (nSPS) is 17.0. The molecule has 2 aromatic heterocycles. The number of hydrogen-bond acceptors (Lipinski definition) is 4. The molecule has 0 amide bonds. The van der Waals surface area contributed by atoms with Gasteiger partial charge in [-0.1, -0.05) is 30.3 Å².